The number of rotatable bonds is 4. The summed E-state index contributed by atoms with van der Waals surface area (Å²) in [4.78, 5) is 12.1. The third-order valence-corrected chi connectivity index (χ3v) is 2.28. The summed E-state index contributed by atoms with van der Waals surface area (Å²) in [5.41, 5.74) is 7.70. The lowest BCUT2D eigenvalue weighted by molar-refractivity contribution is 0.222. The van der Waals surface area contributed by atoms with E-state index in [9.17, 15) is 0 Å². The molecule has 2 rings (SSSR count). The molecule has 0 radical (unpaired) electrons. The number of nitrogen functional groups attached to an aromatic ring is 1. The van der Waals surface area contributed by atoms with Gasteiger partial charge in [0.05, 0.1) is 6.10 Å². The highest BCUT2D eigenvalue weighted by Crippen LogP contribution is 2.16. The van der Waals surface area contributed by atoms with Crippen molar-refractivity contribution in [3.8, 4) is 6.01 Å². The first-order chi connectivity index (χ1) is 9.02. The molecule has 1 aromatic heterocycles. The lowest BCUT2D eigenvalue weighted by Crippen LogP contribution is -2.11. The summed E-state index contributed by atoms with van der Waals surface area (Å²) < 4.78 is 5.41. The Kier molecular flexibility index (Phi) is 3.79. The lowest BCUT2D eigenvalue weighted by atomic mass is 10.2. The first-order valence-corrected chi connectivity index (χ1v) is 6.05. The molecule has 0 aliphatic carbocycles. The quantitative estimate of drug-likeness (QED) is 0.876. The van der Waals surface area contributed by atoms with E-state index < -0.39 is 0 Å². The molecule has 100 valence electrons. The summed E-state index contributed by atoms with van der Waals surface area (Å²) >= 11 is 0. The highest BCUT2D eigenvalue weighted by atomic mass is 16.5. The molecule has 0 unspecified atom stereocenters. The van der Waals surface area contributed by atoms with Gasteiger partial charge in [-0.25, -0.2) is 0 Å². The standard InChI is InChI=1S/C13H17N5O/c1-8(2)19-13-17-11(14)16-12(18-13)15-10-6-4-9(3)5-7-10/h4-8H,1-3H3,(H3,14,15,16,17,18). The first kappa shape index (κ1) is 13.1. The zero-order chi connectivity index (χ0) is 13.8. The van der Waals surface area contributed by atoms with E-state index in [0.717, 1.165) is 5.69 Å². The van der Waals surface area contributed by atoms with Crippen LogP contribution in [0, 0.1) is 6.92 Å². The van der Waals surface area contributed by atoms with Gasteiger partial charge in [0.1, 0.15) is 0 Å². The molecule has 1 aromatic carbocycles. The molecule has 6 heteroatoms. The second-order valence-electron chi connectivity index (χ2n) is 4.46. The Hall–Kier alpha value is -2.37. The highest BCUT2D eigenvalue weighted by Gasteiger charge is 2.07. The molecular formula is C13H17N5O. The SMILES string of the molecule is Cc1ccc(Nc2nc(N)nc(OC(C)C)n2)cc1. The molecule has 0 fully saturated rings. The Balaban J connectivity index is 2.19. The van der Waals surface area contributed by atoms with Gasteiger partial charge in [0.25, 0.3) is 0 Å². The number of nitrogens with zero attached hydrogens (tertiary/aromatic N) is 3. The Labute approximate surface area is 112 Å². The van der Waals surface area contributed by atoms with Crippen LogP contribution in [0.3, 0.4) is 0 Å². The molecule has 0 saturated heterocycles. The summed E-state index contributed by atoms with van der Waals surface area (Å²) in [6.07, 6.45) is -0.0194. The van der Waals surface area contributed by atoms with Crippen LogP contribution in [-0.4, -0.2) is 21.1 Å². The number of nitrogens with one attached hydrogen (secondary N) is 1. The van der Waals surface area contributed by atoms with Crippen LogP contribution in [0.15, 0.2) is 24.3 Å². The van der Waals surface area contributed by atoms with Crippen molar-refractivity contribution in [3.63, 3.8) is 0 Å². The Morgan fingerprint density at radius 3 is 2.42 bits per heavy atom. The second-order valence-corrected chi connectivity index (χ2v) is 4.46. The van der Waals surface area contributed by atoms with Crippen molar-refractivity contribution in [1.82, 2.24) is 15.0 Å². The monoisotopic (exact) mass is 259 g/mol. The maximum absolute atomic E-state index is 5.63. The van der Waals surface area contributed by atoms with Gasteiger partial charge >= 0.3 is 6.01 Å². The van der Waals surface area contributed by atoms with E-state index in [4.69, 9.17) is 10.5 Å². The molecule has 0 aliphatic heterocycles. The van der Waals surface area contributed by atoms with E-state index in [1.807, 2.05) is 45.0 Å². The largest absolute Gasteiger partial charge is 0.461 e. The average molecular weight is 259 g/mol. The van der Waals surface area contributed by atoms with Crippen LogP contribution >= 0.6 is 0 Å². The van der Waals surface area contributed by atoms with E-state index >= 15 is 0 Å². The smallest absolute Gasteiger partial charge is 0.323 e. The van der Waals surface area contributed by atoms with Crippen molar-refractivity contribution in [2.75, 3.05) is 11.1 Å². The van der Waals surface area contributed by atoms with Crippen LogP contribution in [-0.2, 0) is 0 Å². The molecule has 0 saturated carbocycles. The number of hydrogen-bond acceptors (Lipinski definition) is 6. The van der Waals surface area contributed by atoms with Gasteiger partial charge in [-0.2, -0.15) is 15.0 Å². The van der Waals surface area contributed by atoms with E-state index in [0.29, 0.717) is 5.95 Å². The number of benzene rings is 1. The number of ether oxygens (including phenoxy) is 1. The molecule has 1 heterocycles. The lowest BCUT2D eigenvalue weighted by Gasteiger charge is -2.10. The topological polar surface area (TPSA) is 86.0 Å². The van der Waals surface area contributed by atoms with Gasteiger partial charge < -0.3 is 15.8 Å². The van der Waals surface area contributed by atoms with Gasteiger partial charge in [-0.3, -0.25) is 0 Å². The third-order valence-electron chi connectivity index (χ3n) is 2.28. The summed E-state index contributed by atoms with van der Waals surface area (Å²) in [5, 5.41) is 3.06. The molecule has 3 N–H and O–H groups in total. The molecule has 0 bridgehead atoms. The summed E-state index contributed by atoms with van der Waals surface area (Å²) in [7, 11) is 0. The van der Waals surface area contributed by atoms with Crippen LogP contribution in [0.1, 0.15) is 19.4 Å². The van der Waals surface area contributed by atoms with Crippen LogP contribution in [0.5, 0.6) is 6.01 Å². The Morgan fingerprint density at radius 2 is 1.79 bits per heavy atom. The maximum Gasteiger partial charge on any atom is 0.323 e. The molecule has 6 nitrogen and oxygen atoms in total. The van der Waals surface area contributed by atoms with E-state index in [2.05, 4.69) is 20.3 Å². The minimum absolute atomic E-state index is 0.0194. The van der Waals surface area contributed by atoms with Crippen molar-refractivity contribution in [2.24, 2.45) is 0 Å². The van der Waals surface area contributed by atoms with Crippen molar-refractivity contribution in [1.29, 1.82) is 0 Å². The Morgan fingerprint density at radius 1 is 1.11 bits per heavy atom. The summed E-state index contributed by atoms with van der Waals surface area (Å²) in [5.74, 6) is 0.493. The highest BCUT2D eigenvalue weighted by molar-refractivity contribution is 5.54. The van der Waals surface area contributed by atoms with Crippen molar-refractivity contribution >= 4 is 17.6 Å². The van der Waals surface area contributed by atoms with Gasteiger partial charge in [-0.1, -0.05) is 17.7 Å². The van der Waals surface area contributed by atoms with E-state index in [1.54, 1.807) is 0 Å². The van der Waals surface area contributed by atoms with Crippen LogP contribution < -0.4 is 15.8 Å². The van der Waals surface area contributed by atoms with Crippen molar-refractivity contribution < 1.29 is 4.74 Å². The molecular weight excluding hydrogens is 242 g/mol. The minimum Gasteiger partial charge on any atom is -0.461 e. The Bertz CT molecular complexity index is 553. The number of nitrogens with two attached hydrogens (primary N) is 1. The fraction of sp³-hybridized carbons (Fsp3) is 0.308. The predicted molar refractivity (Wildman–Crippen MR) is 74.5 cm³/mol. The normalized spacial score (nSPS) is 10.5. The predicted octanol–water partition coefficient (Wildman–Crippen LogP) is 2.29. The molecule has 19 heavy (non-hydrogen) atoms. The van der Waals surface area contributed by atoms with Gasteiger partial charge in [0.2, 0.25) is 11.9 Å². The second kappa shape index (κ2) is 5.51. The van der Waals surface area contributed by atoms with Crippen LogP contribution in [0.4, 0.5) is 17.6 Å². The summed E-state index contributed by atoms with van der Waals surface area (Å²) in [6, 6.07) is 8.10. The minimum atomic E-state index is -0.0194. The fourth-order valence-corrected chi connectivity index (χ4v) is 1.46. The molecule has 0 spiro atoms. The number of aromatic nitrogens is 3. The average Bonchev–Trinajstić information content (AvgIpc) is 2.30. The zero-order valence-electron chi connectivity index (χ0n) is 11.2. The maximum atomic E-state index is 5.63. The molecule has 0 aliphatic rings. The van der Waals surface area contributed by atoms with Crippen LogP contribution in [0.2, 0.25) is 0 Å². The third kappa shape index (κ3) is 3.80. The van der Waals surface area contributed by atoms with Gasteiger partial charge in [0.15, 0.2) is 0 Å². The zero-order valence-corrected chi connectivity index (χ0v) is 11.2. The number of anilines is 3. The van der Waals surface area contributed by atoms with Gasteiger partial charge in [-0.05, 0) is 32.9 Å². The van der Waals surface area contributed by atoms with Gasteiger partial charge in [0, 0.05) is 5.69 Å². The van der Waals surface area contributed by atoms with Crippen molar-refractivity contribution in [3.05, 3.63) is 29.8 Å². The molecule has 2 aromatic rings. The van der Waals surface area contributed by atoms with Crippen LogP contribution in [0.25, 0.3) is 0 Å². The summed E-state index contributed by atoms with van der Waals surface area (Å²) in [6.45, 7) is 5.82. The fourth-order valence-electron chi connectivity index (χ4n) is 1.46. The van der Waals surface area contributed by atoms with Crippen molar-refractivity contribution in [2.45, 2.75) is 26.9 Å². The molecule has 0 atom stereocenters. The van der Waals surface area contributed by atoms with E-state index in [1.165, 1.54) is 5.56 Å². The molecule has 0 amide bonds. The van der Waals surface area contributed by atoms with E-state index in [-0.39, 0.29) is 18.1 Å². The number of hydrogen-bond donors (Lipinski definition) is 2. The van der Waals surface area contributed by atoms with Gasteiger partial charge in [-0.15, -0.1) is 0 Å². The first-order valence-electron chi connectivity index (χ1n) is 6.05. The number of aryl methyl sites for hydroxylation is 1.